The normalized spacial score (nSPS) is 14.9. The highest BCUT2D eigenvalue weighted by Gasteiger charge is 2.29. The van der Waals surface area contributed by atoms with E-state index < -0.39 is 0 Å². The van der Waals surface area contributed by atoms with Gasteiger partial charge >= 0.3 is 0 Å². The summed E-state index contributed by atoms with van der Waals surface area (Å²) in [5.74, 6) is -0.0508. The summed E-state index contributed by atoms with van der Waals surface area (Å²) in [5, 5.41) is 8.93. The Morgan fingerprint density at radius 1 is 1.65 bits per heavy atom. The highest BCUT2D eigenvalue weighted by Crippen LogP contribution is 2.37. The molecule has 1 aliphatic carbocycles. The Morgan fingerprint density at radius 3 is 2.88 bits per heavy atom. The largest absolute Gasteiger partial charge is 0.397 e. The third-order valence-electron chi connectivity index (χ3n) is 3.07. The number of likely N-dealkylation sites (N-methyl/N-ethyl adjacent to an activating group) is 1. The van der Waals surface area contributed by atoms with Gasteiger partial charge in [0.1, 0.15) is 5.69 Å². The number of nitrogens with zero attached hydrogens (tertiary/aromatic N) is 2. The number of nitrogens with two attached hydrogens (primary N) is 1. The van der Waals surface area contributed by atoms with Gasteiger partial charge in [0.2, 0.25) is 0 Å². The number of aromatic nitrogens is 1. The molecule has 1 saturated carbocycles. The molecule has 0 bridgehead atoms. The lowest BCUT2D eigenvalue weighted by atomic mass is 10.3. The fourth-order valence-electron chi connectivity index (χ4n) is 2.01. The predicted molar refractivity (Wildman–Crippen MR) is 65.8 cm³/mol. The zero-order chi connectivity index (χ0) is 12.4. The predicted octanol–water partition coefficient (Wildman–Crippen LogP) is 0.860. The van der Waals surface area contributed by atoms with E-state index in [1.54, 1.807) is 11.0 Å². The number of hydrogen-bond acceptors (Lipinski definition) is 3. The molecule has 2 rings (SSSR count). The summed E-state index contributed by atoms with van der Waals surface area (Å²) >= 11 is 0. The minimum atomic E-state index is -0.0508. The molecule has 1 aliphatic rings. The number of aliphatic hydroxyl groups excluding tert-OH is 1. The third-order valence-corrected chi connectivity index (χ3v) is 3.07. The SMILES string of the molecule is CCN(CCO)C(=O)c1cc(N)cn1C1CC1. The van der Waals surface area contributed by atoms with Crippen LogP contribution in [-0.4, -0.2) is 40.2 Å². The molecule has 1 amide bonds. The van der Waals surface area contributed by atoms with Crippen LogP contribution in [0.2, 0.25) is 0 Å². The van der Waals surface area contributed by atoms with Crippen LogP contribution >= 0.6 is 0 Å². The Labute approximate surface area is 101 Å². The first-order valence-corrected chi connectivity index (χ1v) is 6.04. The van der Waals surface area contributed by atoms with Crippen molar-refractivity contribution in [1.82, 2.24) is 9.47 Å². The molecule has 1 aromatic heterocycles. The van der Waals surface area contributed by atoms with Crippen LogP contribution in [0.15, 0.2) is 12.3 Å². The molecular formula is C12H19N3O2. The van der Waals surface area contributed by atoms with Gasteiger partial charge in [-0.2, -0.15) is 0 Å². The lowest BCUT2D eigenvalue weighted by Crippen LogP contribution is -2.34. The topological polar surface area (TPSA) is 71.5 Å². The van der Waals surface area contributed by atoms with Gasteiger partial charge < -0.3 is 20.3 Å². The van der Waals surface area contributed by atoms with Crippen LogP contribution in [-0.2, 0) is 0 Å². The van der Waals surface area contributed by atoms with Crippen molar-refractivity contribution in [3.8, 4) is 0 Å². The van der Waals surface area contributed by atoms with Crippen molar-refractivity contribution < 1.29 is 9.90 Å². The first kappa shape index (κ1) is 12.0. The van der Waals surface area contributed by atoms with Gasteiger partial charge in [-0.15, -0.1) is 0 Å². The van der Waals surface area contributed by atoms with Gasteiger partial charge in [0, 0.05) is 25.3 Å². The van der Waals surface area contributed by atoms with Crippen molar-refractivity contribution in [3.63, 3.8) is 0 Å². The average Bonchev–Trinajstić information content (AvgIpc) is 3.08. The summed E-state index contributed by atoms with van der Waals surface area (Å²) in [6.07, 6.45) is 4.05. The minimum Gasteiger partial charge on any atom is -0.397 e. The first-order valence-electron chi connectivity index (χ1n) is 6.04. The summed E-state index contributed by atoms with van der Waals surface area (Å²) in [6.45, 7) is 2.85. The molecular weight excluding hydrogens is 218 g/mol. The lowest BCUT2D eigenvalue weighted by Gasteiger charge is -2.20. The second-order valence-corrected chi connectivity index (χ2v) is 4.41. The van der Waals surface area contributed by atoms with E-state index in [0.717, 1.165) is 12.8 Å². The van der Waals surface area contributed by atoms with E-state index in [2.05, 4.69) is 0 Å². The van der Waals surface area contributed by atoms with Gasteiger partial charge in [-0.05, 0) is 25.8 Å². The Morgan fingerprint density at radius 2 is 2.35 bits per heavy atom. The third kappa shape index (κ3) is 2.44. The van der Waals surface area contributed by atoms with Crippen LogP contribution in [0.4, 0.5) is 5.69 Å². The number of carbonyl (C=O) groups is 1. The Kier molecular flexibility index (Phi) is 3.38. The monoisotopic (exact) mass is 237 g/mol. The molecule has 0 spiro atoms. The van der Waals surface area contributed by atoms with E-state index >= 15 is 0 Å². The van der Waals surface area contributed by atoms with Crippen LogP contribution in [0, 0.1) is 0 Å². The lowest BCUT2D eigenvalue weighted by molar-refractivity contribution is 0.0721. The summed E-state index contributed by atoms with van der Waals surface area (Å²) in [7, 11) is 0. The van der Waals surface area contributed by atoms with E-state index in [9.17, 15) is 4.79 Å². The van der Waals surface area contributed by atoms with E-state index in [0.29, 0.717) is 30.5 Å². The zero-order valence-electron chi connectivity index (χ0n) is 10.1. The smallest absolute Gasteiger partial charge is 0.270 e. The average molecular weight is 237 g/mol. The van der Waals surface area contributed by atoms with Crippen LogP contribution in [0.3, 0.4) is 0 Å². The zero-order valence-corrected chi connectivity index (χ0v) is 10.1. The quantitative estimate of drug-likeness (QED) is 0.798. The number of rotatable bonds is 5. The van der Waals surface area contributed by atoms with Crippen LogP contribution in [0.25, 0.3) is 0 Å². The molecule has 5 nitrogen and oxygen atoms in total. The molecule has 0 aliphatic heterocycles. The molecule has 1 fully saturated rings. The molecule has 0 unspecified atom stereocenters. The highest BCUT2D eigenvalue weighted by molar-refractivity contribution is 5.94. The Balaban J connectivity index is 2.22. The second-order valence-electron chi connectivity index (χ2n) is 4.41. The molecule has 1 heterocycles. The molecule has 3 N–H and O–H groups in total. The summed E-state index contributed by atoms with van der Waals surface area (Å²) < 4.78 is 1.97. The van der Waals surface area contributed by atoms with Crippen molar-refractivity contribution >= 4 is 11.6 Å². The van der Waals surface area contributed by atoms with Crippen molar-refractivity contribution in [3.05, 3.63) is 18.0 Å². The van der Waals surface area contributed by atoms with E-state index in [4.69, 9.17) is 10.8 Å². The summed E-state index contributed by atoms with van der Waals surface area (Å²) in [5.41, 5.74) is 7.02. The molecule has 17 heavy (non-hydrogen) atoms. The molecule has 0 aromatic carbocycles. The van der Waals surface area contributed by atoms with E-state index in [-0.39, 0.29) is 12.5 Å². The van der Waals surface area contributed by atoms with Gasteiger partial charge in [0.05, 0.1) is 12.3 Å². The molecule has 94 valence electrons. The number of nitrogen functional groups attached to an aromatic ring is 1. The van der Waals surface area contributed by atoms with Crippen LogP contribution < -0.4 is 5.73 Å². The summed E-state index contributed by atoms with van der Waals surface area (Å²) in [6, 6.07) is 2.15. The maximum Gasteiger partial charge on any atom is 0.270 e. The number of carbonyl (C=O) groups excluding carboxylic acids is 1. The van der Waals surface area contributed by atoms with E-state index in [1.165, 1.54) is 0 Å². The number of aliphatic hydroxyl groups is 1. The van der Waals surface area contributed by atoms with Gasteiger partial charge in [0.25, 0.3) is 5.91 Å². The van der Waals surface area contributed by atoms with Gasteiger partial charge in [0.15, 0.2) is 0 Å². The number of anilines is 1. The van der Waals surface area contributed by atoms with Gasteiger partial charge in [-0.1, -0.05) is 0 Å². The standard InChI is InChI=1S/C12H19N3O2/c1-2-14(5-6-16)12(17)11-7-9(13)8-15(11)10-3-4-10/h7-8,10,16H,2-6,13H2,1H3. The van der Waals surface area contributed by atoms with Crippen LogP contribution in [0.5, 0.6) is 0 Å². The van der Waals surface area contributed by atoms with Crippen molar-refractivity contribution in [2.45, 2.75) is 25.8 Å². The number of amides is 1. The van der Waals surface area contributed by atoms with E-state index in [1.807, 2.05) is 17.7 Å². The van der Waals surface area contributed by atoms with Gasteiger partial charge in [-0.3, -0.25) is 4.79 Å². The maximum atomic E-state index is 12.3. The van der Waals surface area contributed by atoms with Crippen molar-refractivity contribution in [2.24, 2.45) is 0 Å². The second kappa shape index (κ2) is 4.79. The van der Waals surface area contributed by atoms with Gasteiger partial charge in [-0.25, -0.2) is 0 Å². The molecule has 5 heteroatoms. The summed E-state index contributed by atoms with van der Waals surface area (Å²) in [4.78, 5) is 13.9. The van der Waals surface area contributed by atoms with Crippen LogP contribution in [0.1, 0.15) is 36.3 Å². The Bertz CT molecular complexity index is 410. The fraction of sp³-hybridized carbons (Fsp3) is 0.583. The molecule has 0 atom stereocenters. The first-order chi connectivity index (χ1) is 8.17. The number of hydrogen-bond donors (Lipinski definition) is 2. The molecule has 0 saturated heterocycles. The molecule has 1 aromatic rings. The minimum absolute atomic E-state index is 0.0147. The molecule has 0 radical (unpaired) electrons. The van der Waals surface area contributed by atoms with Crippen molar-refractivity contribution in [1.29, 1.82) is 0 Å². The van der Waals surface area contributed by atoms with Crippen molar-refractivity contribution in [2.75, 3.05) is 25.4 Å². The highest BCUT2D eigenvalue weighted by atomic mass is 16.3. The fourth-order valence-corrected chi connectivity index (χ4v) is 2.01. The Hall–Kier alpha value is -1.49. The maximum absolute atomic E-state index is 12.3.